The Morgan fingerprint density at radius 1 is 0.829 bits per heavy atom. The Kier molecular flexibility index (Phi) is 16.4. The number of aliphatic hydroxyl groups is 2. The predicted octanol–water partition coefficient (Wildman–Crippen LogP) is 7.61. The fourth-order valence-electron chi connectivity index (χ4n) is 9.81. The molecule has 8 rings (SSSR count). The third-order valence-electron chi connectivity index (χ3n) is 13.7. The zero-order valence-electron chi connectivity index (χ0n) is 41.4. The quantitative estimate of drug-likeness (QED) is 0.0594. The van der Waals surface area contributed by atoms with E-state index < -0.39 is 23.6 Å². The number of β-amino-alcohol motifs (C(OH)–C–C–N with tert-alkyl or cyclic N) is 2. The van der Waals surface area contributed by atoms with Gasteiger partial charge >= 0.3 is 0 Å². The highest BCUT2D eigenvalue weighted by Crippen LogP contribution is 2.34. The van der Waals surface area contributed by atoms with Gasteiger partial charge in [-0.3, -0.25) is 19.3 Å². The number of fused-ring (bicyclic) bond motifs is 1. The van der Waals surface area contributed by atoms with Gasteiger partial charge in [0.05, 0.1) is 40.2 Å². The molecule has 3 amide bonds. The first-order valence-corrected chi connectivity index (χ1v) is 25.8. The molecule has 14 nitrogen and oxygen atoms in total. The second-order valence-corrected chi connectivity index (χ2v) is 20.9. The number of aryl methyl sites for hydroxylation is 3. The summed E-state index contributed by atoms with van der Waals surface area (Å²) in [6.45, 7) is 14.4. The number of rotatable bonds is 19. The lowest BCUT2D eigenvalue weighted by molar-refractivity contribution is -0.144. The summed E-state index contributed by atoms with van der Waals surface area (Å²) in [5.74, 6) is 0.147. The molecule has 2 aliphatic heterocycles. The van der Waals surface area contributed by atoms with Crippen molar-refractivity contribution in [2.75, 3.05) is 50.8 Å². The van der Waals surface area contributed by atoms with Crippen molar-refractivity contribution in [3.63, 3.8) is 0 Å². The minimum Gasteiger partial charge on any atom is -0.395 e. The first-order valence-electron chi connectivity index (χ1n) is 25.0. The van der Waals surface area contributed by atoms with Crippen molar-refractivity contribution in [2.24, 2.45) is 5.41 Å². The highest BCUT2D eigenvalue weighted by molar-refractivity contribution is 7.13. The molecule has 2 aliphatic rings. The highest BCUT2D eigenvalue weighted by Gasteiger charge is 2.44. The Morgan fingerprint density at radius 3 is 2.27 bits per heavy atom. The monoisotopic (exact) mass is 968 g/mol. The van der Waals surface area contributed by atoms with E-state index in [2.05, 4.69) is 74.8 Å². The molecule has 70 heavy (non-hydrogen) atoms. The summed E-state index contributed by atoms with van der Waals surface area (Å²) < 4.78 is 2.01. The summed E-state index contributed by atoms with van der Waals surface area (Å²) in [5.41, 5.74) is 11.3. The summed E-state index contributed by atoms with van der Waals surface area (Å²) in [5, 5.41) is 31.2. The van der Waals surface area contributed by atoms with Gasteiger partial charge in [0.25, 0.3) is 0 Å². The average Bonchev–Trinajstić information content (AvgIpc) is 4.07. The molecular weight excluding hydrogens is 899 g/mol. The van der Waals surface area contributed by atoms with Crippen LogP contribution in [0.4, 0.5) is 5.82 Å². The first kappa shape index (κ1) is 50.4. The van der Waals surface area contributed by atoms with Crippen LogP contribution in [-0.2, 0) is 27.3 Å². The van der Waals surface area contributed by atoms with Gasteiger partial charge in [-0.05, 0) is 60.8 Å². The van der Waals surface area contributed by atoms with Crippen LogP contribution in [0.15, 0.2) is 90.4 Å². The Labute approximate surface area is 416 Å². The lowest BCUT2D eigenvalue weighted by Crippen LogP contribution is -2.57. The molecule has 3 aromatic heterocycles. The van der Waals surface area contributed by atoms with Gasteiger partial charge in [0.2, 0.25) is 17.7 Å². The van der Waals surface area contributed by atoms with Crippen LogP contribution in [0.1, 0.15) is 88.2 Å². The molecule has 2 saturated heterocycles. The third-order valence-corrected chi connectivity index (χ3v) is 14.7. The Balaban J connectivity index is 0.821. The second-order valence-electron chi connectivity index (χ2n) is 20.0. The van der Waals surface area contributed by atoms with E-state index in [1.165, 1.54) is 10.5 Å². The maximum absolute atomic E-state index is 14.1. The molecule has 0 aliphatic carbocycles. The Hall–Kier alpha value is -6.00. The Morgan fingerprint density at radius 2 is 1.56 bits per heavy atom. The van der Waals surface area contributed by atoms with Crippen molar-refractivity contribution < 1.29 is 24.6 Å². The summed E-state index contributed by atoms with van der Waals surface area (Å²) in [6, 6.07) is 27.5. The van der Waals surface area contributed by atoms with Gasteiger partial charge in [-0.1, -0.05) is 119 Å². The molecule has 0 spiro atoms. The number of likely N-dealkylation sites (tertiary alicyclic amines) is 1. The number of carbonyl (C=O) groups is 3. The van der Waals surface area contributed by atoms with E-state index in [1.54, 1.807) is 11.3 Å². The largest absolute Gasteiger partial charge is 0.395 e. The van der Waals surface area contributed by atoms with E-state index in [1.807, 2.05) is 80.2 Å². The topological polar surface area (TPSA) is 169 Å². The molecule has 3 aromatic carbocycles. The van der Waals surface area contributed by atoms with Crippen LogP contribution >= 0.6 is 11.3 Å². The van der Waals surface area contributed by atoms with Gasteiger partial charge in [-0.15, -0.1) is 11.3 Å². The minimum absolute atomic E-state index is 0.0340. The lowest BCUT2D eigenvalue weighted by atomic mass is 9.85. The van der Waals surface area contributed by atoms with Gasteiger partial charge < -0.3 is 30.6 Å². The van der Waals surface area contributed by atoms with Crippen molar-refractivity contribution in [1.29, 1.82) is 0 Å². The normalized spacial score (nSPS) is 17.0. The van der Waals surface area contributed by atoms with Crippen molar-refractivity contribution >= 4 is 40.5 Å². The second kappa shape index (κ2) is 22.8. The molecule has 370 valence electrons. The third kappa shape index (κ3) is 12.1. The zero-order chi connectivity index (χ0) is 49.4. The number of amides is 3. The molecule has 3 atom stereocenters. The van der Waals surface area contributed by atoms with Crippen LogP contribution in [0.25, 0.3) is 38.5 Å². The standard InChI is InChI=1S/C55H69N9O5S/c1-37-49(52-58-45(41-17-11-9-12-18-41)33-48(64(52)60-37)62-27-25-61(26-28-62)29-30-65)43-19-14-16-39(31-43)15-10-7-6-8-13-20-47(67)59-51(55(3,4)5)54(69)63-35-44(66)32-46(63)53(68)56-34-40-21-23-42(24-22-40)50-38(2)57-36-70-50/h9,11-12,14,16-19,21-24,31,33,36,44,46,51,65-66H,6-8,10,13,15,20,25-30,32,34-35H2,1-5H3,(H,56,68)(H,59,67)/t44-,46+,51-/m1/s1. The summed E-state index contributed by atoms with van der Waals surface area (Å²) in [7, 11) is 0. The van der Waals surface area contributed by atoms with Gasteiger partial charge in [0.15, 0.2) is 5.65 Å². The summed E-state index contributed by atoms with van der Waals surface area (Å²) >= 11 is 1.59. The lowest BCUT2D eigenvalue weighted by Gasteiger charge is -2.35. The number of piperazine rings is 1. The van der Waals surface area contributed by atoms with E-state index in [0.29, 0.717) is 19.4 Å². The van der Waals surface area contributed by atoms with Crippen LogP contribution in [-0.4, -0.2) is 121 Å². The predicted molar refractivity (Wildman–Crippen MR) is 277 cm³/mol. The molecule has 2 fully saturated rings. The molecule has 6 aromatic rings. The Bertz CT molecular complexity index is 2720. The van der Waals surface area contributed by atoms with Crippen molar-refractivity contribution in [3.8, 4) is 32.8 Å². The molecule has 0 radical (unpaired) electrons. The van der Waals surface area contributed by atoms with Gasteiger partial charge in [0, 0.05) is 75.8 Å². The highest BCUT2D eigenvalue weighted by atomic mass is 32.1. The number of benzene rings is 3. The number of hydrogen-bond acceptors (Lipinski definition) is 11. The number of carbonyl (C=O) groups excluding carboxylic acids is 3. The van der Waals surface area contributed by atoms with E-state index >= 15 is 0 Å². The fourth-order valence-corrected chi connectivity index (χ4v) is 10.6. The first-order chi connectivity index (χ1) is 33.8. The maximum atomic E-state index is 14.1. The molecule has 4 N–H and O–H groups in total. The molecule has 5 heterocycles. The van der Waals surface area contributed by atoms with E-state index in [0.717, 1.165) is 120 Å². The van der Waals surface area contributed by atoms with Gasteiger partial charge in [-0.2, -0.15) is 9.61 Å². The number of unbranched alkanes of at least 4 members (excludes halogenated alkanes) is 4. The summed E-state index contributed by atoms with van der Waals surface area (Å²) in [4.78, 5) is 57.8. The number of anilines is 1. The van der Waals surface area contributed by atoms with Crippen molar-refractivity contribution in [1.82, 2.24) is 40.0 Å². The fraction of sp³-hybridized carbons (Fsp3) is 0.455. The van der Waals surface area contributed by atoms with Gasteiger partial charge in [0.1, 0.15) is 17.9 Å². The van der Waals surface area contributed by atoms with Crippen molar-refractivity contribution in [2.45, 2.75) is 111 Å². The number of aliphatic hydroxyl groups excluding tert-OH is 2. The summed E-state index contributed by atoms with van der Waals surface area (Å²) in [6.07, 6.45) is 5.17. The van der Waals surface area contributed by atoms with Crippen LogP contribution in [0.5, 0.6) is 0 Å². The number of nitrogens with one attached hydrogen (secondary N) is 2. The number of aromatic nitrogens is 4. The average molecular weight is 968 g/mol. The molecule has 0 bridgehead atoms. The minimum atomic E-state index is -0.855. The maximum Gasteiger partial charge on any atom is 0.246 e. The van der Waals surface area contributed by atoms with Crippen LogP contribution in [0.2, 0.25) is 0 Å². The molecule has 0 saturated carbocycles. The van der Waals surface area contributed by atoms with E-state index in [4.69, 9.17) is 10.1 Å². The SMILES string of the molecule is Cc1ncsc1-c1ccc(CNC(=O)[C@@H]2C[C@@H](O)CN2C(=O)[C@@H](NC(=O)CCCCCCCc2cccc(-c3c(C)nn4c(N5CCN(CCO)CC5)cc(-c5ccccc5)nc34)c2)C(C)(C)C)cc1. The van der Waals surface area contributed by atoms with Gasteiger partial charge in [-0.25, -0.2) is 9.97 Å². The van der Waals surface area contributed by atoms with E-state index in [-0.39, 0.29) is 43.8 Å². The molecule has 0 unspecified atom stereocenters. The number of hydrogen-bond donors (Lipinski definition) is 4. The number of thiazole rings is 1. The smallest absolute Gasteiger partial charge is 0.246 e. The molecular formula is C55H69N9O5S. The van der Waals surface area contributed by atoms with Crippen LogP contribution in [0.3, 0.4) is 0 Å². The molecule has 15 heteroatoms. The van der Waals surface area contributed by atoms with Crippen LogP contribution < -0.4 is 15.5 Å². The number of nitrogens with zero attached hydrogens (tertiary/aromatic N) is 7. The van der Waals surface area contributed by atoms with Crippen LogP contribution in [0, 0.1) is 19.3 Å². The van der Waals surface area contributed by atoms with E-state index in [9.17, 15) is 24.6 Å². The van der Waals surface area contributed by atoms with Crippen molar-refractivity contribution in [3.05, 3.63) is 113 Å². The zero-order valence-corrected chi connectivity index (χ0v) is 42.2.